The maximum absolute atomic E-state index is 4.49. The molecule has 0 saturated carbocycles. The van der Waals surface area contributed by atoms with Crippen molar-refractivity contribution in [2.75, 3.05) is 11.9 Å². The van der Waals surface area contributed by atoms with Gasteiger partial charge < -0.3 is 10.2 Å². The van der Waals surface area contributed by atoms with Crippen LogP contribution in [0.4, 0.5) is 5.13 Å². The highest BCUT2D eigenvalue weighted by Gasteiger charge is 2.39. The molecule has 0 unspecified atom stereocenters. The Bertz CT molecular complexity index is 704. The van der Waals surface area contributed by atoms with Crippen molar-refractivity contribution in [1.29, 1.82) is 0 Å². The number of hydrogen-bond acceptors (Lipinski definition) is 5. The molecule has 26 heavy (non-hydrogen) atoms. The molecule has 0 aliphatic carbocycles. The Morgan fingerprint density at radius 3 is 2.19 bits per heavy atom. The molecule has 0 aromatic carbocycles. The highest BCUT2D eigenvalue weighted by atomic mass is 32.1. The molecule has 1 N–H and O–H groups in total. The van der Waals surface area contributed by atoms with Gasteiger partial charge in [-0.3, -0.25) is 0 Å². The van der Waals surface area contributed by atoms with Crippen LogP contribution in [0.3, 0.4) is 0 Å². The number of hydrogen-bond donors (Lipinski definition) is 1. The van der Waals surface area contributed by atoms with Crippen LogP contribution in [-0.2, 0) is 0 Å². The number of piperidine rings is 1. The number of anilines is 1. The summed E-state index contributed by atoms with van der Waals surface area (Å²) >= 11 is 1.65. The zero-order valence-electron chi connectivity index (χ0n) is 17.6. The summed E-state index contributed by atoms with van der Waals surface area (Å²) in [5.74, 6) is 0. The van der Waals surface area contributed by atoms with E-state index in [2.05, 4.69) is 87.7 Å². The quantitative estimate of drug-likeness (QED) is 0.718. The van der Waals surface area contributed by atoms with Gasteiger partial charge in [0.15, 0.2) is 0 Å². The third-order valence-electron chi connectivity index (χ3n) is 4.71. The van der Waals surface area contributed by atoms with E-state index in [-0.39, 0.29) is 11.1 Å². The van der Waals surface area contributed by atoms with Crippen molar-refractivity contribution in [3.63, 3.8) is 0 Å². The predicted molar refractivity (Wildman–Crippen MR) is 115 cm³/mol. The molecule has 2 rings (SSSR count). The van der Waals surface area contributed by atoms with Crippen LogP contribution < -0.4 is 10.2 Å². The minimum Gasteiger partial charge on any atom is -0.347 e. The smallest absolute Gasteiger partial charge is 0.208 e. The number of aromatic nitrogens is 2. The lowest BCUT2D eigenvalue weighted by Crippen LogP contribution is -2.61. The molecular weight excluding hydrogens is 340 g/mol. The molecule has 2 heterocycles. The van der Waals surface area contributed by atoms with E-state index in [1.807, 2.05) is 6.92 Å². The zero-order valence-corrected chi connectivity index (χ0v) is 18.4. The van der Waals surface area contributed by atoms with E-state index in [9.17, 15) is 0 Å². The molecule has 4 nitrogen and oxygen atoms in total. The third kappa shape index (κ3) is 5.27. The molecule has 0 radical (unpaired) electrons. The number of nitrogens with one attached hydrogen (secondary N) is 1. The number of nitrogens with zero attached hydrogens (tertiary/aromatic N) is 3. The lowest BCUT2D eigenvalue weighted by atomic mass is 9.79. The summed E-state index contributed by atoms with van der Waals surface area (Å²) < 4.78 is 0. The van der Waals surface area contributed by atoms with Crippen LogP contribution >= 0.6 is 11.3 Å². The topological polar surface area (TPSA) is 41.1 Å². The van der Waals surface area contributed by atoms with Crippen molar-refractivity contribution >= 4 is 22.0 Å². The molecule has 1 aromatic rings. The van der Waals surface area contributed by atoms with E-state index in [0.717, 1.165) is 34.1 Å². The second kappa shape index (κ2) is 7.65. The van der Waals surface area contributed by atoms with Crippen LogP contribution in [0.25, 0.3) is 5.57 Å². The summed E-state index contributed by atoms with van der Waals surface area (Å²) in [6.07, 6.45) is 6.37. The van der Waals surface area contributed by atoms with Crippen molar-refractivity contribution in [3.05, 3.63) is 34.9 Å². The fourth-order valence-electron chi connectivity index (χ4n) is 3.81. The van der Waals surface area contributed by atoms with Gasteiger partial charge >= 0.3 is 0 Å². The van der Waals surface area contributed by atoms with Crippen LogP contribution in [0.2, 0.25) is 0 Å². The van der Waals surface area contributed by atoms with Gasteiger partial charge in [0.25, 0.3) is 0 Å². The molecule has 0 bridgehead atoms. The second-order valence-electron chi connectivity index (χ2n) is 9.06. The van der Waals surface area contributed by atoms with Gasteiger partial charge in [0.1, 0.15) is 5.01 Å². The van der Waals surface area contributed by atoms with E-state index in [0.29, 0.717) is 6.04 Å². The van der Waals surface area contributed by atoms with E-state index in [1.54, 1.807) is 11.3 Å². The summed E-state index contributed by atoms with van der Waals surface area (Å²) in [7, 11) is 2.15. The molecule has 1 aromatic heterocycles. The van der Waals surface area contributed by atoms with Crippen LogP contribution in [0, 0.1) is 0 Å². The summed E-state index contributed by atoms with van der Waals surface area (Å²) in [5, 5.41) is 14.6. The van der Waals surface area contributed by atoms with Crippen molar-refractivity contribution in [2.24, 2.45) is 0 Å². The summed E-state index contributed by atoms with van der Waals surface area (Å²) in [4.78, 5) is 2.31. The predicted octanol–water partition coefficient (Wildman–Crippen LogP) is 5.21. The zero-order chi connectivity index (χ0) is 19.7. The van der Waals surface area contributed by atoms with Crippen molar-refractivity contribution in [3.8, 4) is 0 Å². The van der Waals surface area contributed by atoms with Crippen molar-refractivity contribution in [2.45, 2.75) is 78.4 Å². The minimum atomic E-state index is 0.112. The van der Waals surface area contributed by atoms with Gasteiger partial charge in [0.05, 0.1) is 0 Å². The fourth-order valence-corrected chi connectivity index (χ4v) is 4.79. The van der Waals surface area contributed by atoms with Gasteiger partial charge in [0, 0.05) is 29.7 Å². The fraction of sp³-hybridized carbons (Fsp3) is 0.619. The molecular formula is C21H34N4S. The number of allylic oxidation sites excluding steroid dienone is 5. The molecule has 144 valence electrons. The Morgan fingerprint density at radius 1 is 1.12 bits per heavy atom. The van der Waals surface area contributed by atoms with Crippen molar-refractivity contribution < 1.29 is 0 Å². The first-order valence-electron chi connectivity index (χ1n) is 9.27. The van der Waals surface area contributed by atoms with Crippen LogP contribution in [0.15, 0.2) is 29.9 Å². The molecule has 0 spiro atoms. The molecule has 0 atom stereocenters. The van der Waals surface area contributed by atoms with Crippen molar-refractivity contribution in [1.82, 2.24) is 15.5 Å². The second-order valence-corrected chi connectivity index (χ2v) is 10.0. The first-order valence-corrected chi connectivity index (χ1v) is 10.1. The monoisotopic (exact) mass is 374 g/mol. The van der Waals surface area contributed by atoms with Gasteiger partial charge in [-0.15, -0.1) is 10.2 Å². The van der Waals surface area contributed by atoms with E-state index in [1.165, 1.54) is 5.57 Å². The van der Waals surface area contributed by atoms with Crippen LogP contribution in [0.5, 0.6) is 0 Å². The molecule has 1 fully saturated rings. The summed E-state index contributed by atoms with van der Waals surface area (Å²) in [6, 6.07) is 0.442. The van der Waals surface area contributed by atoms with E-state index >= 15 is 0 Å². The summed E-state index contributed by atoms with van der Waals surface area (Å²) in [6.45, 7) is 19.4. The van der Waals surface area contributed by atoms with E-state index < -0.39 is 0 Å². The van der Waals surface area contributed by atoms with Gasteiger partial charge in [-0.05, 0) is 66.9 Å². The standard InChI is InChI=1S/C21H34N4S/c1-14(2)10-11-17(15(3)4)18-22-23-19(26-18)25(9)16-12-20(5,6)24-21(7,8)13-16/h10-11,16,24H,3,12-13H2,1-2,4-9H3/b17-11+. The van der Waals surface area contributed by atoms with Crippen LogP contribution in [-0.4, -0.2) is 34.4 Å². The average molecular weight is 375 g/mol. The number of rotatable bonds is 5. The first kappa shape index (κ1) is 20.8. The van der Waals surface area contributed by atoms with Gasteiger partial charge in [-0.25, -0.2) is 0 Å². The highest BCUT2D eigenvalue weighted by Crippen LogP contribution is 2.35. The lowest BCUT2D eigenvalue weighted by molar-refractivity contribution is 0.161. The normalized spacial score (nSPS) is 19.9. The Hall–Kier alpha value is -1.46. The lowest BCUT2D eigenvalue weighted by Gasteiger charge is -2.48. The maximum atomic E-state index is 4.49. The Morgan fingerprint density at radius 2 is 1.69 bits per heavy atom. The summed E-state index contributed by atoms with van der Waals surface area (Å²) in [5.41, 5.74) is 3.55. The van der Waals surface area contributed by atoms with Gasteiger partial charge in [-0.1, -0.05) is 35.6 Å². The third-order valence-corrected chi connectivity index (χ3v) is 5.75. The molecule has 1 aliphatic heterocycles. The van der Waals surface area contributed by atoms with Crippen LogP contribution in [0.1, 0.15) is 66.3 Å². The average Bonchev–Trinajstić information content (AvgIpc) is 2.92. The van der Waals surface area contributed by atoms with E-state index in [4.69, 9.17) is 0 Å². The Labute approximate surface area is 163 Å². The van der Waals surface area contributed by atoms with Gasteiger partial charge in [0.2, 0.25) is 5.13 Å². The molecule has 1 aliphatic rings. The Kier molecular flexibility index (Phi) is 6.13. The largest absolute Gasteiger partial charge is 0.347 e. The Balaban J connectivity index is 2.27. The SMILES string of the molecule is C=C(C)/C(=C\C=C(C)C)c1nnc(N(C)C2CC(C)(C)NC(C)(C)C2)s1. The maximum Gasteiger partial charge on any atom is 0.208 e. The highest BCUT2D eigenvalue weighted by molar-refractivity contribution is 7.16. The first-order chi connectivity index (χ1) is 11.9. The van der Waals surface area contributed by atoms with Gasteiger partial charge in [-0.2, -0.15) is 0 Å². The molecule has 0 amide bonds. The molecule has 1 saturated heterocycles. The minimum absolute atomic E-state index is 0.112. The molecule has 5 heteroatoms.